The molecular weight excluding hydrogens is 431 g/mol. The molecule has 182 valence electrons. The van der Waals surface area contributed by atoms with Crippen molar-refractivity contribution in [2.24, 2.45) is 0 Å². The number of likely N-dealkylation sites (tertiary alicyclic amines) is 1. The second-order valence-electron chi connectivity index (χ2n) is 9.27. The maximum Gasteiger partial charge on any atom is 0.256 e. The lowest BCUT2D eigenvalue weighted by Gasteiger charge is -2.51. The molecule has 2 aromatic rings. The van der Waals surface area contributed by atoms with Crippen LogP contribution in [-0.4, -0.2) is 46.2 Å². The normalized spacial score (nSPS) is 15.8. The molecule has 0 saturated carbocycles. The van der Waals surface area contributed by atoms with Gasteiger partial charge in [0.25, 0.3) is 5.91 Å². The van der Waals surface area contributed by atoms with Crippen LogP contribution in [0.4, 0.5) is 24.5 Å². The monoisotopic (exact) mass is 465 g/mol. The van der Waals surface area contributed by atoms with Gasteiger partial charge in [0.05, 0.1) is 30.0 Å². The molecular formula is C25H34F3N3O2. The average molecular weight is 466 g/mol. The van der Waals surface area contributed by atoms with Crippen LogP contribution in [0.2, 0.25) is 0 Å². The van der Waals surface area contributed by atoms with Crippen molar-refractivity contribution in [2.75, 3.05) is 18.4 Å². The summed E-state index contributed by atoms with van der Waals surface area (Å²) in [5.41, 5.74) is -1.36. The van der Waals surface area contributed by atoms with Gasteiger partial charge in [-0.15, -0.1) is 0 Å². The van der Waals surface area contributed by atoms with Gasteiger partial charge in [-0.05, 0) is 64.4 Å². The van der Waals surface area contributed by atoms with Crippen LogP contribution in [0.3, 0.4) is 0 Å². The van der Waals surface area contributed by atoms with Gasteiger partial charge in [-0.1, -0.05) is 19.9 Å². The summed E-state index contributed by atoms with van der Waals surface area (Å²) < 4.78 is 42.7. The van der Waals surface area contributed by atoms with Gasteiger partial charge in [-0.25, -0.2) is 13.2 Å². The Balaban J connectivity index is 0.00000187. The highest BCUT2D eigenvalue weighted by atomic mass is 19.2. The van der Waals surface area contributed by atoms with Gasteiger partial charge in [-0.3, -0.25) is 4.79 Å². The van der Waals surface area contributed by atoms with E-state index in [1.807, 2.05) is 41.5 Å². The van der Waals surface area contributed by atoms with Gasteiger partial charge in [0.15, 0.2) is 11.6 Å². The Labute approximate surface area is 194 Å². The van der Waals surface area contributed by atoms with Gasteiger partial charge in [0.1, 0.15) is 11.4 Å². The molecule has 1 aliphatic heterocycles. The molecule has 0 spiro atoms. The fraction of sp³-hybridized carbons (Fsp3) is 0.480. The van der Waals surface area contributed by atoms with Crippen LogP contribution in [0.5, 0.6) is 0 Å². The lowest BCUT2D eigenvalue weighted by molar-refractivity contribution is -0.104. The number of halogens is 3. The van der Waals surface area contributed by atoms with Crippen LogP contribution in [0.1, 0.15) is 57.5 Å². The number of hydrogen-bond donors (Lipinski definition) is 3. The number of carbonyl (C=O) groups is 1. The number of aliphatic hydroxyl groups is 1. The molecule has 33 heavy (non-hydrogen) atoms. The van der Waals surface area contributed by atoms with E-state index in [2.05, 4.69) is 10.6 Å². The molecule has 3 rings (SSSR count). The van der Waals surface area contributed by atoms with E-state index in [0.29, 0.717) is 5.56 Å². The number of carbonyl (C=O) groups excluding carboxylic acids is 1. The topological polar surface area (TPSA) is 64.6 Å². The smallest absolute Gasteiger partial charge is 0.256 e. The third-order valence-corrected chi connectivity index (χ3v) is 5.38. The van der Waals surface area contributed by atoms with Crippen molar-refractivity contribution in [3.05, 3.63) is 58.9 Å². The van der Waals surface area contributed by atoms with Gasteiger partial charge < -0.3 is 20.6 Å². The summed E-state index contributed by atoms with van der Waals surface area (Å²) >= 11 is 0. The van der Waals surface area contributed by atoms with E-state index in [9.17, 15) is 23.1 Å². The van der Waals surface area contributed by atoms with Crippen molar-refractivity contribution in [1.29, 1.82) is 0 Å². The molecule has 1 atom stereocenters. The summed E-state index contributed by atoms with van der Waals surface area (Å²) in [5, 5.41) is 16.6. The molecule has 1 saturated heterocycles. The molecule has 1 fully saturated rings. The van der Waals surface area contributed by atoms with Crippen molar-refractivity contribution in [2.45, 2.75) is 65.6 Å². The van der Waals surface area contributed by atoms with Crippen molar-refractivity contribution in [3.63, 3.8) is 0 Å². The van der Waals surface area contributed by atoms with Crippen LogP contribution in [0.15, 0.2) is 30.3 Å². The van der Waals surface area contributed by atoms with E-state index in [-0.39, 0.29) is 35.9 Å². The predicted molar refractivity (Wildman–Crippen MR) is 125 cm³/mol. The first-order valence-corrected chi connectivity index (χ1v) is 11.1. The van der Waals surface area contributed by atoms with Crippen LogP contribution in [0.25, 0.3) is 0 Å². The minimum absolute atomic E-state index is 0.0351. The summed E-state index contributed by atoms with van der Waals surface area (Å²) in [6.45, 7) is 13.5. The number of hydrogen-bond acceptors (Lipinski definition) is 4. The number of aryl methyl sites for hydroxylation is 1. The summed E-state index contributed by atoms with van der Waals surface area (Å²) in [6.07, 6.45) is 0. The number of benzene rings is 2. The first kappa shape index (κ1) is 26.7. The highest BCUT2D eigenvalue weighted by molar-refractivity contribution is 6.01. The lowest BCUT2D eigenvalue weighted by Crippen LogP contribution is -2.72. The van der Waals surface area contributed by atoms with Crippen molar-refractivity contribution >= 4 is 17.3 Å². The van der Waals surface area contributed by atoms with Crippen molar-refractivity contribution < 1.29 is 23.1 Å². The maximum absolute atomic E-state index is 14.6. The molecule has 0 radical (unpaired) electrons. The first-order chi connectivity index (χ1) is 15.3. The second kappa shape index (κ2) is 10.1. The second-order valence-corrected chi connectivity index (χ2v) is 9.27. The minimum atomic E-state index is -1.27. The van der Waals surface area contributed by atoms with Crippen LogP contribution < -0.4 is 10.6 Å². The number of rotatable bonds is 5. The number of anilines is 2. The zero-order valence-corrected chi connectivity index (χ0v) is 20.3. The molecule has 0 bridgehead atoms. The van der Waals surface area contributed by atoms with E-state index in [1.165, 1.54) is 17.0 Å². The highest BCUT2D eigenvalue weighted by Gasteiger charge is 2.48. The van der Waals surface area contributed by atoms with Gasteiger partial charge in [0, 0.05) is 11.6 Å². The Morgan fingerprint density at radius 2 is 1.70 bits per heavy atom. The zero-order chi connectivity index (χ0) is 25.1. The maximum atomic E-state index is 14.6. The Hall–Kier alpha value is -2.58. The fourth-order valence-electron chi connectivity index (χ4n) is 3.69. The molecule has 0 aliphatic carbocycles. The Morgan fingerprint density at radius 3 is 2.24 bits per heavy atom. The predicted octanol–water partition coefficient (Wildman–Crippen LogP) is 5.15. The van der Waals surface area contributed by atoms with Crippen molar-refractivity contribution in [1.82, 2.24) is 10.2 Å². The molecule has 1 unspecified atom stereocenters. The molecule has 0 aromatic heterocycles. The number of amides is 1. The number of β-amino-alcohol motifs (C(OH)–C–C–N with tert-alkyl or cyclic N) is 1. The quantitative estimate of drug-likeness (QED) is 0.572. The third kappa shape index (κ3) is 6.06. The van der Waals surface area contributed by atoms with E-state index in [1.54, 1.807) is 13.0 Å². The zero-order valence-electron chi connectivity index (χ0n) is 20.3. The van der Waals surface area contributed by atoms with Gasteiger partial charge in [0.2, 0.25) is 0 Å². The Bertz CT molecular complexity index is 999. The molecule has 5 nitrogen and oxygen atoms in total. The third-order valence-electron chi connectivity index (χ3n) is 5.38. The van der Waals surface area contributed by atoms with E-state index in [0.717, 1.165) is 12.1 Å². The van der Waals surface area contributed by atoms with Gasteiger partial charge in [-0.2, -0.15) is 0 Å². The molecule has 2 aromatic carbocycles. The SMILES string of the molecule is CC.Cc1ccc(Nc2c(C(=O)N3CC(O)(C(C)NC(C)(C)C)C3)ccc(F)c2F)c(F)c1. The number of nitrogens with one attached hydrogen (secondary N) is 2. The summed E-state index contributed by atoms with van der Waals surface area (Å²) in [7, 11) is 0. The molecule has 1 amide bonds. The molecule has 1 aliphatic rings. The Morgan fingerprint density at radius 1 is 1.09 bits per heavy atom. The lowest BCUT2D eigenvalue weighted by atomic mass is 9.85. The van der Waals surface area contributed by atoms with Crippen LogP contribution in [0, 0.1) is 24.4 Å². The average Bonchev–Trinajstić information content (AvgIpc) is 2.70. The Kier molecular flexibility index (Phi) is 8.19. The van der Waals surface area contributed by atoms with Crippen LogP contribution >= 0.6 is 0 Å². The fourth-order valence-corrected chi connectivity index (χ4v) is 3.69. The molecule has 8 heteroatoms. The largest absolute Gasteiger partial charge is 0.385 e. The van der Waals surface area contributed by atoms with E-state index in [4.69, 9.17) is 0 Å². The first-order valence-electron chi connectivity index (χ1n) is 11.1. The highest BCUT2D eigenvalue weighted by Crippen LogP contribution is 2.32. The van der Waals surface area contributed by atoms with E-state index < -0.39 is 34.6 Å². The minimum Gasteiger partial charge on any atom is -0.385 e. The van der Waals surface area contributed by atoms with Crippen LogP contribution in [-0.2, 0) is 0 Å². The van der Waals surface area contributed by atoms with E-state index >= 15 is 0 Å². The molecule has 3 N–H and O–H groups in total. The summed E-state index contributed by atoms with van der Waals surface area (Å²) in [4.78, 5) is 14.4. The summed E-state index contributed by atoms with van der Waals surface area (Å²) in [6, 6.07) is 5.98. The standard InChI is InChI=1S/C23H28F3N3O2.C2H6/c1-13-6-9-18(17(25)10-13)27-20-15(7-8-16(24)19(20)26)21(30)29-11-23(31,12-29)14(2)28-22(3,4)5;1-2/h6-10,14,27-28,31H,11-12H2,1-5H3;1-2H3. The van der Waals surface area contributed by atoms with Gasteiger partial charge >= 0.3 is 0 Å². The number of nitrogens with zero attached hydrogens (tertiary/aromatic N) is 1. The molecule has 1 heterocycles. The summed E-state index contributed by atoms with van der Waals surface area (Å²) in [5.74, 6) is -3.66. The van der Waals surface area contributed by atoms with Crippen molar-refractivity contribution in [3.8, 4) is 0 Å².